The molecule has 0 bridgehead atoms. The lowest BCUT2D eigenvalue weighted by Gasteiger charge is -2.26. The van der Waals surface area contributed by atoms with Crippen LogP contribution in [0.4, 0.5) is 0 Å². The van der Waals surface area contributed by atoms with E-state index >= 15 is 0 Å². The van der Waals surface area contributed by atoms with Gasteiger partial charge >= 0.3 is 0 Å². The molecule has 0 radical (unpaired) electrons. The van der Waals surface area contributed by atoms with E-state index in [0.717, 1.165) is 0 Å². The Hall–Kier alpha value is -7.54. The topological polar surface area (TPSA) is 0 Å². The van der Waals surface area contributed by atoms with Crippen LogP contribution in [0.1, 0.15) is 74.9 Å². The largest absolute Gasteiger partial charge is 0.0619 e. The maximum atomic E-state index is 2.60. The molecule has 0 N–H and O–H groups in total. The Morgan fingerprint density at radius 2 is 0.642 bits per heavy atom. The molecule has 14 rings (SSSR count). The van der Waals surface area contributed by atoms with Crippen LogP contribution in [0.2, 0.25) is 0 Å². The van der Waals surface area contributed by atoms with Crippen molar-refractivity contribution in [1.82, 2.24) is 0 Å². The molecule has 67 heavy (non-hydrogen) atoms. The van der Waals surface area contributed by atoms with Gasteiger partial charge in [0.2, 0.25) is 0 Å². The van der Waals surface area contributed by atoms with Crippen molar-refractivity contribution in [2.45, 2.75) is 57.8 Å². The van der Waals surface area contributed by atoms with E-state index in [0.29, 0.717) is 0 Å². The summed E-state index contributed by atoms with van der Waals surface area (Å²) >= 11 is 0. The molecule has 0 aromatic heterocycles. The average Bonchev–Trinajstić information content (AvgIpc) is 3.83. The summed E-state index contributed by atoms with van der Waals surface area (Å²) in [6, 6.07) is 74.7. The fraction of sp³-hybridized carbons (Fsp3) is 0.134. The standard InChI is InChI=1S/C67H50/c1-65(2)57-24-14-11-21-46(57)49-30-28-41(35-60(49)65)63-51-32-27-40(52-33-39-17-7-8-18-43(39)44-19-9-10-20-45(44)52)34-54(51)64(42-29-31-50-47-22-12-15-25-58(47)66(3,4)61(50)36-42)56-38-62-53(37-55(56)63)48-23-13-16-26-59(48)67(62,5)6/h7-38H,1-6H3. The molecule has 0 spiro atoms. The maximum Gasteiger partial charge on any atom is 0.0159 e. The molecule has 0 fully saturated rings. The molecule has 11 aromatic rings. The van der Waals surface area contributed by atoms with Crippen LogP contribution in [0.25, 0.3) is 110 Å². The van der Waals surface area contributed by atoms with Gasteiger partial charge in [-0.15, -0.1) is 0 Å². The van der Waals surface area contributed by atoms with Gasteiger partial charge in [0.25, 0.3) is 0 Å². The second-order valence-corrected chi connectivity index (χ2v) is 21.2. The van der Waals surface area contributed by atoms with Crippen molar-refractivity contribution in [1.29, 1.82) is 0 Å². The van der Waals surface area contributed by atoms with Gasteiger partial charge in [-0.2, -0.15) is 0 Å². The van der Waals surface area contributed by atoms with Crippen LogP contribution in [0.15, 0.2) is 194 Å². The Balaban J connectivity index is 1.14. The van der Waals surface area contributed by atoms with E-state index in [1.54, 1.807) is 0 Å². The normalized spacial score (nSPS) is 15.4. The highest BCUT2D eigenvalue weighted by Crippen LogP contribution is 2.57. The van der Waals surface area contributed by atoms with Crippen LogP contribution in [-0.4, -0.2) is 0 Å². The van der Waals surface area contributed by atoms with Gasteiger partial charge in [-0.05, 0) is 180 Å². The zero-order valence-corrected chi connectivity index (χ0v) is 39.0. The highest BCUT2D eigenvalue weighted by molar-refractivity contribution is 6.24. The van der Waals surface area contributed by atoms with Crippen LogP contribution < -0.4 is 0 Å². The third kappa shape index (κ3) is 5.14. The lowest BCUT2D eigenvalue weighted by Crippen LogP contribution is -2.15. The van der Waals surface area contributed by atoms with Crippen molar-refractivity contribution in [2.75, 3.05) is 0 Å². The van der Waals surface area contributed by atoms with Gasteiger partial charge in [0.1, 0.15) is 0 Å². The number of hydrogen-bond acceptors (Lipinski definition) is 0. The molecule has 0 atom stereocenters. The molecule has 0 amide bonds. The zero-order chi connectivity index (χ0) is 45.1. The number of rotatable bonds is 3. The van der Waals surface area contributed by atoms with Gasteiger partial charge in [0.15, 0.2) is 0 Å². The molecule has 3 aliphatic rings. The average molecular weight is 855 g/mol. The predicted molar refractivity (Wildman–Crippen MR) is 285 cm³/mol. The molecule has 11 aromatic carbocycles. The third-order valence-electron chi connectivity index (χ3n) is 16.6. The van der Waals surface area contributed by atoms with Gasteiger partial charge in [-0.1, -0.05) is 199 Å². The van der Waals surface area contributed by atoms with E-state index in [1.165, 1.54) is 143 Å². The Bertz CT molecular complexity index is 4000. The summed E-state index contributed by atoms with van der Waals surface area (Å²) in [5.74, 6) is 0. The summed E-state index contributed by atoms with van der Waals surface area (Å²) in [5.41, 5.74) is 23.7. The first-order valence-corrected chi connectivity index (χ1v) is 24.1. The van der Waals surface area contributed by atoms with Gasteiger partial charge < -0.3 is 0 Å². The zero-order valence-electron chi connectivity index (χ0n) is 39.0. The van der Waals surface area contributed by atoms with Gasteiger partial charge in [-0.25, -0.2) is 0 Å². The molecule has 0 heteroatoms. The molecule has 0 unspecified atom stereocenters. The summed E-state index contributed by atoms with van der Waals surface area (Å²) in [5, 5.41) is 10.3. The summed E-state index contributed by atoms with van der Waals surface area (Å²) in [6.07, 6.45) is 0. The van der Waals surface area contributed by atoms with Gasteiger partial charge in [-0.3, -0.25) is 0 Å². The first-order chi connectivity index (χ1) is 32.5. The predicted octanol–water partition coefficient (Wildman–Crippen LogP) is 18.2. The first-order valence-electron chi connectivity index (χ1n) is 24.1. The first kappa shape index (κ1) is 38.7. The Morgan fingerprint density at radius 1 is 0.224 bits per heavy atom. The van der Waals surface area contributed by atoms with Crippen molar-refractivity contribution >= 4 is 43.1 Å². The highest BCUT2D eigenvalue weighted by Gasteiger charge is 2.39. The number of fused-ring (bicyclic) bond motifs is 14. The fourth-order valence-electron chi connectivity index (χ4n) is 13.2. The van der Waals surface area contributed by atoms with Crippen LogP contribution in [0.5, 0.6) is 0 Å². The van der Waals surface area contributed by atoms with E-state index in [2.05, 4.69) is 236 Å². The molecule has 318 valence electrons. The second-order valence-electron chi connectivity index (χ2n) is 21.2. The molecule has 0 heterocycles. The number of benzene rings is 11. The molecular weight excluding hydrogens is 805 g/mol. The van der Waals surface area contributed by atoms with Crippen LogP contribution in [0.3, 0.4) is 0 Å². The second kappa shape index (κ2) is 13.3. The molecule has 0 saturated heterocycles. The SMILES string of the molecule is CC1(C)c2ccccc2-c2ccc(-c3c4ccc(-c5cc6ccccc6c6ccccc56)cc4c(-c4ccc5c(c4)C(C)(C)c4ccccc4-5)c4cc5c(cc34)-c3ccccc3C5(C)C)cc21. The summed E-state index contributed by atoms with van der Waals surface area (Å²) in [6.45, 7) is 14.5. The fourth-order valence-corrected chi connectivity index (χ4v) is 13.2. The van der Waals surface area contributed by atoms with Crippen LogP contribution in [0, 0.1) is 0 Å². The molecule has 0 nitrogen and oxygen atoms in total. The van der Waals surface area contributed by atoms with E-state index < -0.39 is 0 Å². The Labute approximate surface area is 393 Å². The molecule has 0 aliphatic heterocycles. The summed E-state index contributed by atoms with van der Waals surface area (Å²) in [4.78, 5) is 0. The quantitative estimate of drug-likeness (QED) is 0.123. The van der Waals surface area contributed by atoms with Crippen LogP contribution >= 0.6 is 0 Å². The monoisotopic (exact) mass is 854 g/mol. The van der Waals surface area contributed by atoms with E-state index in [-0.39, 0.29) is 16.2 Å². The Morgan fingerprint density at radius 3 is 1.24 bits per heavy atom. The van der Waals surface area contributed by atoms with Crippen molar-refractivity contribution in [3.63, 3.8) is 0 Å². The van der Waals surface area contributed by atoms with E-state index in [1.807, 2.05) is 0 Å². The van der Waals surface area contributed by atoms with E-state index in [4.69, 9.17) is 0 Å². The molecule has 0 saturated carbocycles. The van der Waals surface area contributed by atoms with Gasteiger partial charge in [0, 0.05) is 16.2 Å². The van der Waals surface area contributed by atoms with E-state index in [9.17, 15) is 0 Å². The lowest BCUT2D eigenvalue weighted by atomic mass is 9.77. The minimum atomic E-state index is -0.163. The van der Waals surface area contributed by atoms with Crippen molar-refractivity contribution in [2.24, 2.45) is 0 Å². The lowest BCUT2D eigenvalue weighted by molar-refractivity contribution is 0.660. The minimum absolute atomic E-state index is 0.128. The molecule has 3 aliphatic carbocycles. The third-order valence-corrected chi connectivity index (χ3v) is 16.6. The van der Waals surface area contributed by atoms with Crippen molar-refractivity contribution in [3.8, 4) is 66.8 Å². The summed E-state index contributed by atoms with van der Waals surface area (Å²) in [7, 11) is 0. The van der Waals surface area contributed by atoms with Crippen LogP contribution in [-0.2, 0) is 16.2 Å². The number of hydrogen-bond donors (Lipinski definition) is 0. The smallest absolute Gasteiger partial charge is 0.0159 e. The van der Waals surface area contributed by atoms with Crippen molar-refractivity contribution in [3.05, 3.63) is 228 Å². The summed E-state index contributed by atoms with van der Waals surface area (Å²) < 4.78 is 0. The van der Waals surface area contributed by atoms with Crippen molar-refractivity contribution < 1.29 is 0 Å². The Kier molecular flexibility index (Phi) is 7.68. The minimum Gasteiger partial charge on any atom is -0.0619 e. The maximum absolute atomic E-state index is 2.60. The van der Waals surface area contributed by atoms with Gasteiger partial charge in [0.05, 0.1) is 0 Å². The highest BCUT2D eigenvalue weighted by atomic mass is 14.4. The molecular formula is C67H50.